The zero-order valence-electron chi connectivity index (χ0n) is 13.5. The monoisotopic (exact) mass is 377 g/mol. The largest absolute Gasteiger partial charge is 0.493 e. The van der Waals surface area contributed by atoms with E-state index in [0.717, 1.165) is 22.1 Å². The molecule has 1 amide bonds. The smallest absolute Gasteiger partial charge is 0.255 e. The van der Waals surface area contributed by atoms with Crippen LogP contribution in [-0.2, 0) is 0 Å². The second kappa shape index (κ2) is 8.02. The van der Waals surface area contributed by atoms with Crippen LogP contribution in [0.4, 0.5) is 5.69 Å². The summed E-state index contributed by atoms with van der Waals surface area (Å²) in [6.07, 6.45) is 0.911. The van der Waals surface area contributed by atoms with E-state index in [2.05, 4.69) is 21.2 Å². The van der Waals surface area contributed by atoms with Gasteiger partial charge in [0.25, 0.3) is 5.91 Å². The maximum atomic E-state index is 12.4. The lowest BCUT2D eigenvalue weighted by Gasteiger charge is -2.12. The Labute approximate surface area is 144 Å². The van der Waals surface area contributed by atoms with Gasteiger partial charge in [-0.1, -0.05) is 22.9 Å². The quantitative estimate of drug-likeness (QED) is 0.785. The second-order valence-corrected chi connectivity index (χ2v) is 6.04. The molecule has 122 valence electrons. The van der Waals surface area contributed by atoms with Gasteiger partial charge in [0.1, 0.15) is 0 Å². The van der Waals surface area contributed by atoms with Crippen LogP contribution in [0.25, 0.3) is 0 Å². The SMILES string of the molecule is CCCOc1ccc(C(=O)Nc2ccc(Br)cc2C)cc1OC. The molecule has 0 spiro atoms. The average Bonchev–Trinajstić information content (AvgIpc) is 2.55. The van der Waals surface area contributed by atoms with Gasteiger partial charge in [-0.05, 0) is 55.3 Å². The van der Waals surface area contributed by atoms with Crippen LogP contribution in [0.2, 0.25) is 0 Å². The summed E-state index contributed by atoms with van der Waals surface area (Å²) < 4.78 is 11.9. The third kappa shape index (κ3) is 4.48. The van der Waals surface area contributed by atoms with Gasteiger partial charge in [0.05, 0.1) is 13.7 Å². The van der Waals surface area contributed by atoms with Crippen LogP contribution in [0.15, 0.2) is 40.9 Å². The maximum Gasteiger partial charge on any atom is 0.255 e. The molecule has 0 fully saturated rings. The van der Waals surface area contributed by atoms with Crippen LogP contribution in [0.5, 0.6) is 11.5 Å². The first-order chi connectivity index (χ1) is 11.0. The Bertz CT molecular complexity index is 701. The number of ether oxygens (including phenoxy) is 2. The normalized spacial score (nSPS) is 10.3. The van der Waals surface area contributed by atoms with E-state index in [1.807, 2.05) is 32.0 Å². The van der Waals surface area contributed by atoms with E-state index < -0.39 is 0 Å². The van der Waals surface area contributed by atoms with Gasteiger partial charge in [-0.25, -0.2) is 0 Å². The van der Waals surface area contributed by atoms with Crippen molar-refractivity contribution in [2.24, 2.45) is 0 Å². The first-order valence-electron chi connectivity index (χ1n) is 7.43. The molecule has 0 bridgehead atoms. The second-order valence-electron chi connectivity index (χ2n) is 5.13. The minimum absolute atomic E-state index is 0.184. The summed E-state index contributed by atoms with van der Waals surface area (Å²) in [5.74, 6) is 1.01. The number of anilines is 1. The molecule has 0 aliphatic heterocycles. The van der Waals surface area contributed by atoms with Crippen LogP contribution >= 0.6 is 15.9 Å². The standard InChI is InChI=1S/C18H20BrNO3/c1-4-9-23-16-8-5-13(11-17(16)22-3)18(21)20-15-7-6-14(19)10-12(15)2/h5-8,10-11H,4,9H2,1-3H3,(H,20,21). The van der Waals surface area contributed by atoms with Gasteiger partial charge in [-0.15, -0.1) is 0 Å². The molecule has 0 atom stereocenters. The van der Waals surface area contributed by atoms with Crippen molar-refractivity contribution in [3.63, 3.8) is 0 Å². The fraction of sp³-hybridized carbons (Fsp3) is 0.278. The van der Waals surface area contributed by atoms with E-state index in [1.54, 1.807) is 25.3 Å². The molecule has 0 saturated carbocycles. The lowest BCUT2D eigenvalue weighted by molar-refractivity contribution is 0.102. The van der Waals surface area contributed by atoms with E-state index >= 15 is 0 Å². The maximum absolute atomic E-state index is 12.4. The number of hydrogen-bond acceptors (Lipinski definition) is 3. The summed E-state index contributed by atoms with van der Waals surface area (Å²) in [6.45, 7) is 4.59. The van der Waals surface area contributed by atoms with E-state index in [0.29, 0.717) is 23.7 Å². The predicted molar refractivity (Wildman–Crippen MR) is 95.6 cm³/mol. The van der Waals surface area contributed by atoms with Gasteiger partial charge < -0.3 is 14.8 Å². The fourth-order valence-corrected chi connectivity index (χ4v) is 2.58. The van der Waals surface area contributed by atoms with Crippen molar-refractivity contribution < 1.29 is 14.3 Å². The first kappa shape index (κ1) is 17.3. The molecule has 1 N–H and O–H groups in total. The molecule has 0 radical (unpaired) electrons. The minimum Gasteiger partial charge on any atom is -0.493 e. The highest BCUT2D eigenvalue weighted by Crippen LogP contribution is 2.29. The fourth-order valence-electron chi connectivity index (χ4n) is 2.10. The molecule has 0 unspecified atom stereocenters. The van der Waals surface area contributed by atoms with Gasteiger partial charge in [-0.3, -0.25) is 4.79 Å². The van der Waals surface area contributed by atoms with E-state index in [4.69, 9.17) is 9.47 Å². The molecule has 0 heterocycles. The molecule has 0 saturated heterocycles. The summed E-state index contributed by atoms with van der Waals surface area (Å²) in [5, 5.41) is 2.91. The number of aryl methyl sites for hydroxylation is 1. The third-order valence-electron chi connectivity index (χ3n) is 3.32. The van der Waals surface area contributed by atoms with Gasteiger partial charge in [0.15, 0.2) is 11.5 Å². The summed E-state index contributed by atoms with van der Waals surface area (Å²) in [4.78, 5) is 12.4. The zero-order valence-corrected chi connectivity index (χ0v) is 15.1. The topological polar surface area (TPSA) is 47.6 Å². The first-order valence-corrected chi connectivity index (χ1v) is 8.22. The Hall–Kier alpha value is -2.01. The number of hydrogen-bond donors (Lipinski definition) is 1. The molecule has 0 aromatic heterocycles. The lowest BCUT2D eigenvalue weighted by atomic mass is 10.1. The summed E-state index contributed by atoms with van der Waals surface area (Å²) in [7, 11) is 1.56. The van der Waals surface area contributed by atoms with Crippen molar-refractivity contribution in [3.05, 3.63) is 52.0 Å². The van der Waals surface area contributed by atoms with Gasteiger partial charge in [0.2, 0.25) is 0 Å². The van der Waals surface area contributed by atoms with Crippen molar-refractivity contribution >= 4 is 27.5 Å². The van der Waals surface area contributed by atoms with Crippen molar-refractivity contribution in [2.45, 2.75) is 20.3 Å². The van der Waals surface area contributed by atoms with Crippen LogP contribution in [0.3, 0.4) is 0 Å². The highest BCUT2D eigenvalue weighted by molar-refractivity contribution is 9.10. The van der Waals surface area contributed by atoms with Gasteiger partial charge >= 0.3 is 0 Å². The van der Waals surface area contributed by atoms with Crippen molar-refractivity contribution in [1.82, 2.24) is 0 Å². The van der Waals surface area contributed by atoms with Crippen LogP contribution < -0.4 is 14.8 Å². The summed E-state index contributed by atoms with van der Waals surface area (Å²) in [6, 6.07) is 10.9. The average molecular weight is 378 g/mol. The van der Waals surface area contributed by atoms with Crippen molar-refractivity contribution in [3.8, 4) is 11.5 Å². The van der Waals surface area contributed by atoms with E-state index in [-0.39, 0.29) is 5.91 Å². The van der Waals surface area contributed by atoms with Crippen LogP contribution in [-0.4, -0.2) is 19.6 Å². The minimum atomic E-state index is -0.184. The predicted octanol–water partition coefficient (Wildman–Crippen LogP) is 4.81. The molecule has 2 rings (SSSR count). The number of amides is 1. The molecule has 2 aromatic rings. The molecule has 5 heteroatoms. The number of benzene rings is 2. The number of nitrogens with one attached hydrogen (secondary N) is 1. The lowest BCUT2D eigenvalue weighted by Crippen LogP contribution is -2.13. The van der Waals surface area contributed by atoms with Crippen LogP contribution in [0.1, 0.15) is 29.3 Å². The highest BCUT2D eigenvalue weighted by Gasteiger charge is 2.12. The number of rotatable bonds is 6. The van der Waals surface area contributed by atoms with E-state index in [9.17, 15) is 4.79 Å². The Kier molecular flexibility index (Phi) is 6.04. The third-order valence-corrected chi connectivity index (χ3v) is 3.82. The summed E-state index contributed by atoms with van der Waals surface area (Å²) >= 11 is 3.41. The van der Waals surface area contributed by atoms with Crippen molar-refractivity contribution in [1.29, 1.82) is 0 Å². The number of halogens is 1. The zero-order chi connectivity index (χ0) is 16.8. The molecular weight excluding hydrogens is 358 g/mol. The van der Waals surface area contributed by atoms with Gasteiger partial charge in [-0.2, -0.15) is 0 Å². The Morgan fingerprint density at radius 1 is 1.17 bits per heavy atom. The Morgan fingerprint density at radius 3 is 2.61 bits per heavy atom. The molecule has 0 aliphatic carbocycles. The number of carbonyl (C=O) groups excluding carboxylic acids is 1. The van der Waals surface area contributed by atoms with Gasteiger partial charge in [0, 0.05) is 15.7 Å². The van der Waals surface area contributed by atoms with Crippen LogP contribution in [0, 0.1) is 6.92 Å². The molecule has 23 heavy (non-hydrogen) atoms. The number of methoxy groups -OCH3 is 1. The van der Waals surface area contributed by atoms with Crippen molar-refractivity contribution in [2.75, 3.05) is 19.0 Å². The highest BCUT2D eigenvalue weighted by atomic mass is 79.9. The Balaban J connectivity index is 2.18. The molecule has 2 aromatic carbocycles. The molecular formula is C18H20BrNO3. The summed E-state index contributed by atoms with van der Waals surface area (Å²) in [5.41, 5.74) is 2.29. The Morgan fingerprint density at radius 2 is 1.96 bits per heavy atom. The number of carbonyl (C=O) groups is 1. The van der Waals surface area contributed by atoms with E-state index in [1.165, 1.54) is 0 Å². The molecule has 4 nitrogen and oxygen atoms in total. The molecule has 0 aliphatic rings.